The fraction of sp³-hybridized carbons (Fsp3) is 0.269. The van der Waals surface area contributed by atoms with Gasteiger partial charge in [0, 0.05) is 39.9 Å². The zero-order valence-corrected chi connectivity index (χ0v) is 20.0. The van der Waals surface area contributed by atoms with Gasteiger partial charge in [0.05, 0.1) is 41.8 Å². The third-order valence-corrected chi connectivity index (χ3v) is 7.27. The van der Waals surface area contributed by atoms with Gasteiger partial charge in [-0.15, -0.1) is 0 Å². The van der Waals surface area contributed by atoms with Crippen LogP contribution in [0.1, 0.15) is 40.4 Å². The average Bonchev–Trinajstić information content (AvgIpc) is 3.51. The number of aromatic nitrogens is 4. The maximum atomic E-state index is 14.6. The number of aryl methyl sites for hydroxylation is 1. The van der Waals surface area contributed by atoms with E-state index in [1.54, 1.807) is 32.2 Å². The van der Waals surface area contributed by atoms with E-state index in [2.05, 4.69) is 5.10 Å². The molecule has 0 radical (unpaired) electrons. The van der Waals surface area contributed by atoms with Crippen molar-refractivity contribution in [2.45, 2.75) is 39.0 Å². The molecule has 10 nitrogen and oxygen atoms in total. The van der Waals surface area contributed by atoms with Crippen LogP contribution in [0.2, 0.25) is 0 Å². The van der Waals surface area contributed by atoms with E-state index in [0.717, 1.165) is 4.68 Å². The SMILES string of the molecule is CC[C@@]1(O)C(=O)OCc2c1cc1n(c2=O)Cc2c-1nc1cc(F)c(C)cc1c2-c1cnn(C(=O)CN)c1. The van der Waals surface area contributed by atoms with Crippen molar-refractivity contribution in [1.82, 2.24) is 19.3 Å². The number of aliphatic hydroxyl groups is 1. The van der Waals surface area contributed by atoms with Crippen molar-refractivity contribution in [3.8, 4) is 22.5 Å². The number of benzene rings is 1. The number of hydrogen-bond acceptors (Lipinski definition) is 8. The largest absolute Gasteiger partial charge is 0.458 e. The number of nitrogens with two attached hydrogens (primary N) is 1. The first-order valence-corrected chi connectivity index (χ1v) is 11.8. The van der Waals surface area contributed by atoms with Crippen LogP contribution in [0.25, 0.3) is 33.4 Å². The average molecular weight is 503 g/mol. The van der Waals surface area contributed by atoms with Crippen LogP contribution < -0.4 is 11.3 Å². The molecule has 0 saturated heterocycles. The Morgan fingerprint density at radius 2 is 2.05 bits per heavy atom. The van der Waals surface area contributed by atoms with Crippen LogP contribution >= 0.6 is 0 Å². The molecule has 0 spiro atoms. The number of ether oxygens (including phenoxy) is 1. The van der Waals surface area contributed by atoms with Crippen LogP contribution in [-0.2, 0) is 28.3 Å². The Labute approximate surface area is 209 Å². The predicted molar refractivity (Wildman–Crippen MR) is 130 cm³/mol. The first-order valence-electron chi connectivity index (χ1n) is 11.8. The van der Waals surface area contributed by atoms with Crippen LogP contribution in [0.3, 0.4) is 0 Å². The minimum atomic E-state index is -1.96. The van der Waals surface area contributed by atoms with Crippen LogP contribution in [0.15, 0.2) is 35.4 Å². The van der Waals surface area contributed by atoms with E-state index in [9.17, 15) is 23.9 Å². The molecular weight excluding hydrogens is 481 g/mol. The molecule has 188 valence electrons. The second-order valence-electron chi connectivity index (χ2n) is 9.31. The monoisotopic (exact) mass is 503 g/mol. The van der Waals surface area contributed by atoms with Gasteiger partial charge in [0.1, 0.15) is 12.4 Å². The Hall–Kier alpha value is -4.22. The molecule has 0 aliphatic carbocycles. The molecule has 0 amide bonds. The number of halogens is 1. The predicted octanol–water partition coefficient (Wildman–Crippen LogP) is 1.99. The van der Waals surface area contributed by atoms with Gasteiger partial charge in [-0.2, -0.15) is 5.10 Å². The van der Waals surface area contributed by atoms with Crippen LogP contribution in [0, 0.1) is 12.7 Å². The second kappa shape index (κ2) is 7.89. The van der Waals surface area contributed by atoms with Gasteiger partial charge < -0.3 is 20.1 Å². The summed E-state index contributed by atoms with van der Waals surface area (Å²) in [7, 11) is 0. The van der Waals surface area contributed by atoms with Crippen molar-refractivity contribution in [2.75, 3.05) is 6.54 Å². The Balaban J connectivity index is 1.67. The number of nitrogens with zero attached hydrogens (tertiary/aromatic N) is 4. The molecule has 37 heavy (non-hydrogen) atoms. The van der Waals surface area contributed by atoms with Gasteiger partial charge >= 0.3 is 5.97 Å². The lowest BCUT2D eigenvalue weighted by molar-refractivity contribution is -0.172. The van der Waals surface area contributed by atoms with Gasteiger partial charge in [0.2, 0.25) is 0 Å². The number of fused-ring (bicyclic) bond motifs is 5. The lowest BCUT2D eigenvalue weighted by Crippen LogP contribution is -2.44. The summed E-state index contributed by atoms with van der Waals surface area (Å²) in [5.41, 5.74) is 6.99. The lowest BCUT2D eigenvalue weighted by atomic mass is 9.86. The first kappa shape index (κ1) is 23.2. The van der Waals surface area contributed by atoms with E-state index in [1.165, 1.54) is 16.8 Å². The van der Waals surface area contributed by atoms with Gasteiger partial charge in [-0.05, 0) is 31.0 Å². The highest BCUT2D eigenvalue weighted by molar-refractivity contribution is 6.00. The molecule has 5 heterocycles. The minimum Gasteiger partial charge on any atom is -0.458 e. The lowest BCUT2D eigenvalue weighted by Gasteiger charge is -2.31. The molecule has 0 bridgehead atoms. The molecule has 3 aromatic heterocycles. The van der Waals surface area contributed by atoms with E-state index >= 15 is 0 Å². The summed E-state index contributed by atoms with van der Waals surface area (Å²) in [5, 5.41) is 15.9. The number of hydrogen-bond donors (Lipinski definition) is 2. The normalized spacial score (nSPS) is 17.9. The molecule has 11 heteroatoms. The molecule has 1 atom stereocenters. The Bertz CT molecular complexity index is 1740. The highest BCUT2D eigenvalue weighted by atomic mass is 19.1. The van der Waals surface area contributed by atoms with Crippen molar-refractivity contribution >= 4 is 22.8 Å². The van der Waals surface area contributed by atoms with Crippen molar-refractivity contribution in [3.63, 3.8) is 0 Å². The van der Waals surface area contributed by atoms with Gasteiger partial charge in [0.15, 0.2) is 5.60 Å². The van der Waals surface area contributed by atoms with E-state index < -0.39 is 28.9 Å². The quantitative estimate of drug-likeness (QED) is 0.356. The summed E-state index contributed by atoms with van der Waals surface area (Å²) < 4.78 is 22.4. The molecule has 2 aliphatic rings. The zero-order valence-electron chi connectivity index (χ0n) is 20.0. The number of carbonyl (C=O) groups excluding carboxylic acids is 2. The van der Waals surface area contributed by atoms with E-state index in [0.29, 0.717) is 44.5 Å². The van der Waals surface area contributed by atoms with Gasteiger partial charge in [0.25, 0.3) is 11.5 Å². The highest BCUT2D eigenvalue weighted by Crippen LogP contribution is 2.43. The van der Waals surface area contributed by atoms with E-state index in [1.807, 2.05) is 0 Å². The third-order valence-electron chi connectivity index (χ3n) is 7.27. The van der Waals surface area contributed by atoms with Crippen LogP contribution in [0.4, 0.5) is 4.39 Å². The minimum absolute atomic E-state index is 0.0177. The Kier molecular flexibility index (Phi) is 4.95. The summed E-state index contributed by atoms with van der Waals surface area (Å²) in [5.74, 6) is -1.66. The summed E-state index contributed by atoms with van der Waals surface area (Å²) in [6.45, 7) is 2.94. The van der Waals surface area contributed by atoms with E-state index in [4.69, 9.17) is 15.5 Å². The number of carbonyl (C=O) groups is 2. The van der Waals surface area contributed by atoms with Gasteiger partial charge in [-0.25, -0.2) is 18.9 Å². The fourth-order valence-electron chi connectivity index (χ4n) is 5.22. The standard InChI is InChI=1S/C26H22FN5O5/c1-3-26(36)17-5-20-23-15(10-31(20)24(34)16(17)11-37-25(26)35)22(13-8-29-32(9-13)21(33)7-28)14-4-12(2)18(27)6-19(14)30-23/h4-6,8-9,36H,3,7,10-11,28H2,1-2H3/t26-/m0/s1. The van der Waals surface area contributed by atoms with Crippen LogP contribution in [-0.4, -0.2) is 42.9 Å². The number of rotatable bonds is 3. The first-order chi connectivity index (χ1) is 17.7. The van der Waals surface area contributed by atoms with Crippen molar-refractivity contribution < 1.29 is 23.8 Å². The van der Waals surface area contributed by atoms with Crippen molar-refractivity contribution in [2.24, 2.45) is 5.73 Å². The van der Waals surface area contributed by atoms with Gasteiger partial charge in [-0.1, -0.05) is 6.92 Å². The maximum absolute atomic E-state index is 14.6. The van der Waals surface area contributed by atoms with Crippen molar-refractivity contribution in [3.05, 3.63) is 69.0 Å². The topological polar surface area (TPSA) is 142 Å². The van der Waals surface area contributed by atoms with Gasteiger partial charge in [-0.3, -0.25) is 9.59 Å². The zero-order chi connectivity index (χ0) is 26.2. The fourth-order valence-corrected chi connectivity index (χ4v) is 5.22. The number of esters is 1. The smallest absolute Gasteiger partial charge is 0.343 e. The van der Waals surface area contributed by atoms with Crippen molar-refractivity contribution in [1.29, 1.82) is 0 Å². The molecule has 1 aromatic carbocycles. The molecule has 4 aromatic rings. The maximum Gasteiger partial charge on any atom is 0.343 e. The Morgan fingerprint density at radius 1 is 1.27 bits per heavy atom. The highest BCUT2D eigenvalue weighted by Gasteiger charge is 2.45. The Morgan fingerprint density at radius 3 is 2.78 bits per heavy atom. The molecule has 0 fully saturated rings. The molecule has 3 N–H and O–H groups in total. The molecular formula is C26H22FN5O5. The summed E-state index contributed by atoms with van der Waals surface area (Å²) in [6, 6.07) is 4.60. The summed E-state index contributed by atoms with van der Waals surface area (Å²) in [4.78, 5) is 42.9. The molecule has 0 unspecified atom stereocenters. The second-order valence-corrected chi connectivity index (χ2v) is 9.31. The third kappa shape index (κ3) is 3.14. The van der Waals surface area contributed by atoms with E-state index in [-0.39, 0.29) is 37.2 Å². The van der Waals surface area contributed by atoms with Crippen LogP contribution in [0.5, 0.6) is 0 Å². The number of cyclic esters (lactones) is 1. The number of pyridine rings is 2. The molecule has 0 saturated carbocycles. The summed E-state index contributed by atoms with van der Waals surface area (Å²) >= 11 is 0. The molecule has 6 rings (SSSR count). The summed E-state index contributed by atoms with van der Waals surface area (Å²) in [6.07, 6.45) is 3.08. The molecule has 2 aliphatic heterocycles.